The average molecular weight is 411 g/mol. The van der Waals surface area contributed by atoms with Crippen LogP contribution in [0.4, 0.5) is 0 Å². The van der Waals surface area contributed by atoms with Crippen molar-refractivity contribution in [1.29, 1.82) is 0 Å². The number of nitrogens with zero attached hydrogens (tertiary/aromatic N) is 3. The maximum absolute atomic E-state index is 12.8. The summed E-state index contributed by atoms with van der Waals surface area (Å²) in [4.78, 5) is 32.1. The van der Waals surface area contributed by atoms with Gasteiger partial charge in [0.2, 0.25) is 0 Å². The molecule has 158 valence electrons. The topological polar surface area (TPSA) is 111 Å². The first-order valence-electron chi connectivity index (χ1n) is 9.53. The van der Waals surface area contributed by atoms with E-state index >= 15 is 0 Å². The standard InChI is InChI=1S/C21H25N5O4/c1-13-18(21(28)30-10-9-29-4)15(3)24-19(13)20(27)25-14(2)16-5-7-17(8-6-16)26-12-22-11-23-26/h5-8,11-12,14,24H,9-10H2,1-4H3,(H,25,27). The smallest absolute Gasteiger partial charge is 0.340 e. The van der Waals surface area contributed by atoms with Crippen molar-refractivity contribution in [2.45, 2.75) is 26.8 Å². The largest absolute Gasteiger partial charge is 0.460 e. The Morgan fingerprint density at radius 1 is 1.20 bits per heavy atom. The highest BCUT2D eigenvalue weighted by atomic mass is 16.6. The minimum Gasteiger partial charge on any atom is -0.460 e. The summed E-state index contributed by atoms with van der Waals surface area (Å²) >= 11 is 0. The molecule has 30 heavy (non-hydrogen) atoms. The van der Waals surface area contributed by atoms with Crippen LogP contribution in [-0.4, -0.2) is 51.9 Å². The Morgan fingerprint density at radius 2 is 1.93 bits per heavy atom. The summed E-state index contributed by atoms with van der Waals surface area (Å²) in [6, 6.07) is 7.43. The Morgan fingerprint density at radius 3 is 2.57 bits per heavy atom. The molecule has 1 amide bonds. The molecule has 0 aliphatic heterocycles. The van der Waals surface area contributed by atoms with Crippen molar-refractivity contribution in [2.75, 3.05) is 20.3 Å². The second-order valence-electron chi connectivity index (χ2n) is 6.88. The van der Waals surface area contributed by atoms with Gasteiger partial charge in [-0.15, -0.1) is 0 Å². The number of benzene rings is 1. The van der Waals surface area contributed by atoms with E-state index in [-0.39, 0.29) is 18.6 Å². The van der Waals surface area contributed by atoms with Crippen molar-refractivity contribution in [3.05, 3.63) is 65.0 Å². The number of hydrogen-bond acceptors (Lipinski definition) is 6. The number of hydrogen-bond donors (Lipinski definition) is 2. The van der Waals surface area contributed by atoms with Crippen LogP contribution in [0.25, 0.3) is 5.69 Å². The van der Waals surface area contributed by atoms with Gasteiger partial charge in [0.15, 0.2) is 0 Å². The summed E-state index contributed by atoms with van der Waals surface area (Å²) in [5.41, 5.74) is 3.68. The van der Waals surface area contributed by atoms with E-state index in [9.17, 15) is 9.59 Å². The maximum Gasteiger partial charge on any atom is 0.340 e. The molecule has 9 heteroatoms. The number of aryl methyl sites for hydroxylation is 1. The molecule has 2 heterocycles. The van der Waals surface area contributed by atoms with Gasteiger partial charge < -0.3 is 19.8 Å². The van der Waals surface area contributed by atoms with Gasteiger partial charge >= 0.3 is 5.97 Å². The first-order chi connectivity index (χ1) is 14.4. The Balaban J connectivity index is 1.69. The molecule has 2 aromatic heterocycles. The number of amides is 1. The van der Waals surface area contributed by atoms with Gasteiger partial charge in [-0.25, -0.2) is 14.5 Å². The average Bonchev–Trinajstić information content (AvgIpc) is 3.36. The van der Waals surface area contributed by atoms with Gasteiger partial charge in [-0.3, -0.25) is 4.79 Å². The number of H-pyrrole nitrogens is 1. The molecule has 9 nitrogen and oxygen atoms in total. The van der Waals surface area contributed by atoms with Crippen molar-refractivity contribution >= 4 is 11.9 Å². The maximum atomic E-state index is 12.8. The van der Waals surface area contributed by atoms with Crippen LogP contribution in [-0.2, 0) is 9.47 Å². The Labute approximate surface area is 174 Å². The van der Waals surface area contributed by atoms with Gasteiger partial charge in [0.05, 0.1) is 23.9 Å². The Bertz CT molecular complexity index is 1010. The van der Waals surface area contributed by atoms with E-state index in [1.165, 1.54) is 13.4 Å². The van der Waals surface area contributed by atoms with E-state index in [0.717, 1.165) is 11.3 Å². The third-order valence-corrected chi connectivity index (χ3v) is 4.81. The summed E-state index contributed by atoms with van der Waals surface area (Å²) in [5, 5.41) is 7.06. The number of ether oxygens (including phenoxy) is 2. The summed E-state index contributed by atoms with van der Waals surface area (Å²) in [7, 11) is 1.53. The molecule has 2 N–H and O–H groups in total. The second kappa shape index (κ2) is 9.36. The van der Waals surface area contributed by atoms with Gasteiger partial charge in [0.1, 0.15) is 25.0 Å². The van der Waals surface area contributed by atoms with E-state index in [0.29, 0.717) is 29.1 Å². The summed E-state index contributed by atoms with van der Waals surface area (Å²) in [6.07, 6.45) is 3.09. The molecule has 3 aromatic rings. The Kier molecular flexibility index (Phi) is 6.63. The van der Waals surface area contributed by atoms with Crippen LogP contribution in [0.2, 0.25) is 0 Å². The van der Waals surface area contributed by atoms with Crippen molar-refractivity contribution in [2.24, 2.45) is 0 Å². The monoisotopic (exact) mass is 411 g/mol. The van der Waals surface area contributed by atoms with Gasteiger partial charge in [-0.2, -0.15) is 5.10 Å². The summed E-state index contributed by atoms with van der Waals surface area (Å²) < 4.78 is 11.7. The predicted octanol–water partition coefficient (Wildman–Crippen LogP) is 2.51. The molecule has 0 bridgehead atoms. The van der Waals surface area contributed by atoms with E-state index < -0.39 is 5.97 Å². The fourth-order valence-electron chi connectivity index (χ4n) is 3.18. The molecule has 1 aromatic carbocycles. The van der Waals surface area contributed by atoms with E-state index in [1.54, 1.807) is 24.9 Å². The number of carbonyl (C=O) groups is 2. The lowest BCUT2D eigenvalue weighted by molar-refractivity contribution is 0.0387. The zero-order valence-corrected chi connectivity index (χ0v) is 17.4. The van der Waals surface area contributed by atoms with Crippen molar-refractivity contribution in [3.8, 4) is 5.69 Å². The van der Waals surface area contributed by atoms with E-state index in [2.05, 4.69) is 20.4 Å². The lowest BCUT2D eigenvalue weighted by Gasteiger charge is -2.15. The van der Waals surface area contributed by atoms with E-state index in [4.69, 9.17) is 9.47 Å². The first-order valence-corrected chi connectivity index (χ1v) is 9.53. The number of aromatic nitrogens is 4. The zero-order valence-electron chi connectivity index (χ0n) is 17.4. The molecular formula is C21H25N5O4. The molecule has 0 fully saturated rings. The molecule has 0 saturated heterocycles. The number of carbonyl (C=O) groups excluding carboxylic acids is 2. The number of rotatable bonds is 8. The minimum absolute atomic E-state index is 0.155. The normalized spacial score (nSPS) is 11.9. The summed E-state index contributed by atoms with van der Waals surface area (Å²) in [6.45, 7) is 5.83. The molecule has 0 radical (unpaired) electrons. The van der Waals surface area contributed by atoms with Crippen LogP contribution < -0.4 is 5.32 Å². The van der Waals surface area contributed by atoms with Crippen molar-refractivity contribution < 1.29 is 19.1 Å². The number of esters is 1. The molecule has 0 spiro atoms. The number of nitrogens with one attached hydrogen (secondary N) is 2. The minimum atomic E-state index is -0.478. The number of aromatic amines is 1. The van der Waals surface area contributed by atoms with Crippen LogP contribution in [0.3, 0.4) is 0 Å². The van der Waals surface area contributed by atoms with Crippen molar-refractivity contribution in [3.63, 3.8) is 0 Å². The molecule has 1 unspecified atom stereocenters. The SMILES string of the molecule is COCCOC(=O)c1c(C)[nH]c(C(=O)NC(C)c2ccc(-n3cncn3)cc2)c1C. The number of methoxy groups -OCH3 is 1. The zero-order chi connectivity index (χ0) is 21.7. The molecular weight excluding hydrogens is 386 g/mol. The van der Waals surface area contributed by atoms with Gasteiger partial charge in [-0.05, 0) is 44.0 Å². The van der Waals surface area contributed by atoms with Gasteiger partial charge in [0.25, 0.3) is 5.91 Å². The van der Waals surface area contributed by atoms with Crippen LogP contribution in [0.15, 0.2) is 36.9 Å². The molecule has 0 aliphatic rings. The predicted molar refractivity (Wildman–Crippen MR) is 110 cm³/mol. The third-order valence-electron chi connectivity index (χ3n) is 4.81. The van der Waals surface area contributed by atoms with Crippen LogP contribution in [0.5, 0.6) is 0 Å². The molecule has 1 atom stereocenters. The fourth-order valence-corrected chi connectivity index (χ4v) is 3.18. The van der Waals surface area contributed by atoms with Crippen LogP contribution in [0, 0.1) is 13.8 Å². The third kappa shape index (κ3) is 4.57. The highest BCUT2D eigenvalue weighted by molar-refractivity contribution is 6.00. The molecule has 0 saturated carbocycles. The van der Waals surface area contributed by atoms with Crippen molar-refractivity contribution in [1.82, 2.24) is 25.1 Å². The quantitative estimate of drug-likeness (QED) is 0.435. The highest BCUT2D eigenvalue weighted by Gasteiger charge is 2.24. The fraction of sp³-hybridized carbons (Fsp3) is 0.333. The highest BCUT2D eigenvalue weighted by Crippen LogP contribution is 2.21. The first kappa shape index (κ1) is 21.3. The van der Waals surface area contributed by atoms with Gasteiger partial charge in [-0.1, -0.05) is 12.1 Å². The van der Waals surface area contributed by atoms with Crippen LogP contribution >= 0.6 is 0 Å². The van der Waals surface area contributed by atoms with Crippen LogP contribution in [0.1, 0.15) is 50.6 Å². The lowest BCUT2D eigenvalue weighted by atomic mass is 10.1. The molecule has 3 rings (SSSR count). The Hall–Kier alpha value is -3.46. The second-order valence-corrected chi connectivity index (χ2v) is 6.88. The lowest BCUT2D eigenvalue weighted by Crippen LogP contribution is -2.27. The van der Waals surface area contributed by atoms with Gasteiger partial charge in [0, 0.05) is 12.8 Å². The van der Waals surface area contributed by atoms with E-state index in [1.807, 2.05) is 31.2 Å². The molecule has 0 aliphatic carbocycles. The summed E-state index contributed by atoms with van der Waals surface area (Å²) in [5.74, 6) is -0.770.